The van der Waals surface area contributed by atoms with Crippen LogP contribution in [0.2, 0.25) is 0 Å². The van der Waals surface area contributed by atoms with E-state index in [-0.39, 0.29) is 30.3 Å². The van der Waals surface area contributed by atoms with E-state index in [1.807, 2.05) is 0 Å². The van der Waals surface area contributed by atoms with Crippen molar-refractivity contribution < 1.29 is 19.1 Å². The summed E-state index contributed by atoms with van der Waals surface area (Å²) in [5.74, 6) is -0.450. The average molecular weight is 243 g/mol. The minimum atomic E-state index is -0.326. The van der Waals surface area contributed by atoms with Gasteiger partial charge in [-0.2, -0.15) is 0 Å². The maximum atomic E-state index is 11.5. The molecule has 0 aliphatic heterocycles. The molecule has 0 saturated heterocycles. The smallest absolute Gasteiger partial charge is 0.306 e. The number of nitrogens with one attached hydrogen (secondary N) is 1. The maximum Gasteiger partial charge on any atom is 0.306 e. The number of ether oxygens (including phenoxy) is 2. The second-order valence-electron chi connectivity index (χ2n) is 4.32. The maximum absolute atomic E-state index is 11.5. The van der Waals surface area contributed by atoms with Crippen LogP contribution in [0.5, 0.6) is 0 Å². The van der Waals surface area contributed by atoms with E-state index in [2.05, 4.69) is 5.32 Å². The molecule has 1 fully saturated rings. The molecule has 5 heteroatoms. The van der Waals surface area contributed by atoms with Gasteiger partial charge in [-0.25, -0.2) is 0 Å². The summed E-state index contributed by atoms with van der Waals surface area (Å²) in [6, 6.07) is 0. The first-order chi connectivity index (χ1) is 8.12. The van der Waals surface area contributed by atoms with Crippen LogP contribution in [-0.2, 0) is 19.1 Å². The molecular weight excluding hydrogens is 222 g/mol. The van der Waals surface area contributed by atoms with Crippen LogP contribution in [-0.4, -0.2) is 37.7 Å². The van der Waals surface area contributed by atoms with Crippen molar-refractivity contribution in [1.29, 1.82) is 0 Å². The Morgan fingerprint density at radius 3 is 2.47 bits per heavy atom. The van der Waals surface area contributed by atoms with E-state index in [9.17, 15) is 9.59 Å². The Kier molecular flexibility index (Phi) is 5.41. The molecule has 0 bridgehead atoms. The number of rotatable bonds is 7. The number of methoxy groups -OCH3 is 1. The zero-order chi connectivity index (χ0) is 12.7. The lowest BCUT2D eigenvalue weighted by molar-refractivity contribution is -0.144. The second kappa shape index (κ2) is 6.59. The molecule has 0 radical (unpaired) electrons. The van der Waals surface area contributed by atoms with Crippen LogP contribution in [0.3, 0.4) is 0 Å². The molecule has 0 heterocycles. The van der Waals surface area contributed by atoms with Gasteiger partial charge < -0.3 is 14.8 Å². The molecule has 1 aliphatic carbocycles. The highest BCUT2D eigenvalue weighted by atomic mass is 16.5. The Hall–Kier alpha value is -1.10. The van der Waals surface area contributed by atoms with Gasteiger partial charge in [0.1, 0.15) is 0 Å². The summed E-state index contributed by atoms with van der Waals surface area (Å²) in [5.41, 5.74) is -0.167. The Morgan fingerprint density at radius 2 is 2.00 bits per heavy atom. The van der Waals surface area contributed by atoms with Crippen molar-refractivity contribution in [3.8, 4) is 0 Å². The Balaban J connectivity index is 2.15. The Morgan fingerprint density at radius 1 is 1.29 bits per heavy atom. The van der Waals surface area contributed by atoms with Gasteiger partial charge in [-0.15, -0.1) is 0 Å². The summed E-state index contributed by atoms with van der Waals surface area (Å²) in [7, 11) is 1.67. The molecule has 1 rings (SSSR count). The third-order valence-corrected chi connectivity index (χ3v) is 3.17. The van der Waals surface area contributed by atoms with E-state index in [1.54, 1.807) is 14.0 Å². The van der Waals surface area contributed by atoms with Crippen molar-refractivity contribution in [3.05, 3.63) is 0 Å². The molecule has 1 amide bonds. The van der Waals surface area contributed by atoms with Crippen molar-refractivity contribution in [2.75, 3.05) is 20.3 Å². The van der Waals surface area contributed by atoms with Gasteiger partial charge in [0.05, 0.1) is 18.6 Å². The lowest BCUT2D eigenvalue weighted by atomic mass is 9.80. The second-order valence-corrected chi connectivity index (χ2v) is 4.32. The molecule has 17 heavy (non-hydrogen) atoms. The Labute approximate surface area is 102 Å². The third kappa shape index (κ3) is 4.34. The van der Waals surface area contributed by atoms with Crippen LogP contribution in [0.4, 0.5) is 0 Å². The van der Waals surface area contributed by atoms with Gasteiger partial charge in [0.25, 0.3) is 0 Å². The summed E-state index contributed by atoms with van der Waals surface area (Å²) >= 11 is 0. The Bertz CT molecular complexity index is 268. The fraction of sp³-hybridized carbons (Fsp3) is 0.833. The van der Waals surface area contributed by atoms with Crippen LogP contribution in [0, 0.1) is 0 Å². The van der Waals surface area contributed by atoms with Crippen LogP contribution in [0.15, 0.2) is 0 Å². The summed E-state index contributed by atoms with van der Waals surface area (Å²) in [6.07, 6.45) is 3.44. The SMILES string of the molecule is CCOC(=O)CCC(=O)NCC1(OC)CCC1. The van der Waals surface area contributed by atoms with Gasteiger partial charge in [0, 0.05) is 20.1 Å². The predicted molar refractivity (Wildman–Crippen MR) is 62.5 cm³/mol. The molecule has 0 aromatic rings. The average Bonchev–Trinajstić information content (AvgIpc) is 2.26. The summed E-state index contributed by atoms with van der Waals surface area (Å²) in [5, 5.41) is 2.80. The van der Waals surface area contributed by atoms with Gasteiger partial charge in [-0.1, -0.05) is 0 Å². The highest BCUT2D eigenvalue weighted by Crippen LogP contribution is 2.34. The molecule has 0 aromatic carbocycles. The minimum absolute atomic E-state index is 0.124. The quantitative estimate of drug-likeness (QED) is 0.678. The minimum Gasteiger partial charge on any atom is -0.466 e. The normalized spacial score (nSPS) is 17.1. The number of amides is 1. The highest BCUT2D eigenvalue weighted by Gasteiger charge is 2.37. The van der Waals surface area contributed by atoms with E-state index in [0.717, 1.165) is 19.3 Å². The largest absolute Gasteiger partial charge is 0.466 e. The molecular formula is C12H21NO4. The van der Waals surface area contributed by atoms with Crippen LogP contribution in [0.25, 0.3) is 0 Å². The molecule has 0 spiro atoms. The molecule has 0 unspecified atom stereocenters. The van der Waals surface area contributed by atoms with E-state index < -0.39 is 0 Å². The zero-order valence-electron chi connectivity index (χ0n) is 10.6. The molecule has 1 aliphatic rings. The predicted octanol–water partition coefficient (Wildman–Crippen LogP) is 1.01. The summed E-state index contributed by atoms with van der Waals surface area (Å²) in [6.45, 7) is 2.63. The number of hydrogen-bond donors (Lipinski definition) is 1. The van der Waals surface area contributed by atoms with Crippen molar-refractivity contribution in [1.82, 2.24) is 5.32 Å². The lowest BCUT2D eigenvalue weighted by Crippen LogP contribution is -2.49. The topological polar surface area (TPSA) is 64.6 Å². The summed E-state index contributed by atoms with van der Waals surface area (Å²) in [4.78, 5) is 22.5. The first-order valence-corrected chi connectivity index (χ1v) is 6.09. The number of carbonyl (C=O) groups excluding carboxylic acids is 2. The molecule has 0 aromatic heterocycles. The van der Waals surface area contributed by atoms with Crippen molar-refractivity contribution in [2.24, 2.45) is 0 Å². The first-order valence-electron chi connectivity index (χ1n) is 6.09. The van der Waals surface area contributed by atoms with Crippen molar-refractivity contribution in [2.45, 2.75) is 44.6 Å². The zero-order valence-corrected chi connectivity index (χ0v) is 10.6. The van der Waals surface area contributed by atoms with Crippen LogP contribution in [0.1, 0.15) is 39.0 Å². The van der Waals surface area contributed by atoms with E-state index in [1.165, 1.54) is 0 Å². The fourth-order valence-corrected chi connectivity index (χ4v) is 1.82. The number of esters is 1. The number of carbonyl (C=O) groups is 2. The van der Waals surface area contributed by atoms with Crippen molar-refractivity contribution >= 4 is 11.9 Å². The van der Waals surface area contributed by atoms with Crippen LogP contribution < -0.4 is 5.32 Å². The van der Waals surface area contributed by atoms with Gasteiger partial charge in [-0.3, -0.25) is 9.59 Å². The lowest BCUT2D eigenvalue weighted by Gasteiger charge is -2.40. The standard InChI is InChI=1S/C12H21NO4/c1-3-17-11(15)6-5-10(14)13-9-12(16-2)7-4-8-12/h3-9H2,1-2H3,(H,13,14). The molecule has 5 nitrogen and oxygen atoms in total. The fourth-order valence-electron chi connectivity index (χ4n) is 1.82. The van der Waals surface area contributed by atoms with E-state index >= 15 is 0 Å². The van der Waals surface area contributed by atoms with E-state index in [0.29, 0.717) is 13.2 Å². The van der Waals surface area contributed by atoms with Crippen LogP contribution >= 0.6 is 0 Å². The molecule has 1 N–H and O–H groups in total. The van der Waals surface area contributed by atoms with Gasteiger partial charge >= 0.3 is 5.97 Å². The van der Waals surface area contributed by atoms with Gasteiger partial charge in [0.15, 0.2) is 0 Å². The van der Waals surface area contributed by atoms with Gasteiger partial charge in [-0.05, 0) is 26.2 Å². The van der Waals surface area contributed by atoms with Gasteiger partial charge in [0.2, 0.25) is 5.91 Å². The first kappa shape index (κ1) is 14.0. The molecule has 1 saturated carbocycles. The monoisotopic (exact) mass is 243 g/mol. The van der Waals surface area contributed by atoms with Crippen molar-refractivity contribution in [3.63, 3.8) is 0 Å². The third-order valence-electron chi connectivity index (χ3n) is 3.17. The van der Waals surface area contributed by atoms with E-state index in [4.69, 9.17) is 9.47 Å². The highest BCUT2D eigenvalue weighted by molar-refractivity contribution is 5.81. The molecule has 98 valence electrons. The molecule has 0 atom stereocenters. The number of hydrogen-bond acceptors (Lipinski definition) is 4. The summed E-state index contributed by atoms with van der Waals surface area (Å²) < 4.78 is 10.1.